The van der Waals surface area contributed by atoms with E-state index in [1.807, 2.05) is 0 Å². The first-order valence-electron chi connectivity index (χ1n) is 10.5. The van der Waals surface area contributed by atoms with Gasteiger partial charge in [0.05, 0.1) is 29.8 Å². The molecule has 0 aliphatic heterocycles. The summed E-state index contributed by atoms with van der Waals surface area (Å²) in [6, 6.07) is 7.51. The third kappa shape index (κ3) is 6.71. The molecule has 10 nitrogen and oxygen atoms in total. The molecule has 4 rings (SSSR count). The smallest absolute Gasteiger partial charge is 0.304 e. The number of methoxy groups -OCH3 is 1. The summed E-state index contributed by atoms with van der Waals surface area (Å²) in [6.45, 7) is -0.152. The van der Waals surface area contributed by atoms with Gasteiger partial charge in [0.2, 0.25) is 5.91 Å². The van der Waals surface area contributed by atoms with Gasteiger partial charge in [-0.2, -0.15) is 5.10 Å². The van der Waals surface area contributed by atoms with Gasteiger partial charge in [-0.05, 0) is 36.5 Å². The Morgan fingerprint density at radius 2 is 2.11 bits per heavy atom. The zero-order chi connectivity index (χ0) is 26.5. The number of fused-ring (bicyclic) bond motifs is 1. The van der Waals surface area contributed by atoms with Crippen LogP contribution in [0, 0.1) is 9.77 Å². The SMILES string of the molecule is COc1cc2ncnc(Nc3ccc(F)c(Cl)c3)c2cc1NC(=O)Cn1nc(SCCC(=O)O)sc1=S. The summed E-state index contributed by atoms with van der Waals surface area (Å²) in [5.41, 5.74) is 1.43. The van der Waals surface area contributed by atoms with E-state index >= 15 is 0 Å². The Morgan fingerprint density at radius 3 is 2.84 bits per heavy atom. The molecule has 15 heteroatoms. The number of aromatic nitrogens is 4. The fraction of sp³-hybridized carbons (Fsp3) is 0.182. The molecule has 0 saturated carbocycles. The van der Waals surface area contributed by atoms with E-state index in [1.54, 1.807) is 12.1 Å². The molecule has 2 aromatic carbocycles. The predicted molar refractivity (Wildman–Crippen MR) is 143 cm³/mol. The van der Waals surface area contributed by atoms with Gasteiger partial charge in [-0.1, -0.05) is 34.7 Å². The van der Waals surface area contributed by atoms with Crippen molar-refractivity contribution in [3.8, 4) is 5.75 Å². The van der Waals surface area contributed by atoms with Crippen molar-refractivity contribution in [2.24, 2.45) is 0 Å². The highest BCUT2D eigenvalue weighted by Gasteiger charge is 2.15. The molecule has 0 fully saturated rings. The highest BCUT2D eigenvalue weighted by atomic mass is 35.5. The maximum absolute atomic E-state index is 13.5. The van der Waals surface area contributed by atoms with Crippen molar-refractivity contribution in [2.45, 2.75) is 17.3 Å². The van der Waals surface area contributed by atoms with Crippen molar-refractivity contribution in [3.05, 3.63) is 51.5 Å². The third-order valence-corrected chi connectivity index (χ3v) is 7.57. The van der Waals surface area contributed by atoms with Crippen LogP contribution in [0.15, 0.2) is 41.0 Å². The molecule has 1 amide bonds. The number of carboxylic acids is 1. The van der Waals surface area contributed by atoms with Crippen LogP contribution in [0.3, 0.4) is 0 Å². The molecule has 4 aromatic rings. The predicted octanol–water partition coefficient (Wildman–Crippen LogP) is 5.37. The van der Waals surface area contributed by atoms with Crippen LogP contribution in [-0.2, 0) is 16.1 Å². The molecule has 0 saturated heterocycles. The van der Waals surface area contributed by atoms with Crippen molar-refractivity contribution in [2.75, 3.05) is 23.5 Å². The molecule has 3 N–H and O–H groups in total. The second-order valence-electron chi connectivity index (χ2n) is 7.38. The summed E-state index contributed by atoms with van der Waals surface area (Å²) >= 11 is 13.6. The van der Waals surface area contributed by atoms with Crippen LogP contribution in [-0.4, -0.2) is 49.6 Å². The number of halogens is 2. The number of hydrogen-bond donors (Lipinski definition) is 3. The average molecular weight is 581 g/mol. The van der Waals surface area contributed by atoms with Crippen LogP contribution >= 0.6 is 46.9 Å². The minimum Gasteiger partial charge on any atom is -0.494 e. The second kappa shape index (κ2) is 11.8. The zero-order valence-corrected chi connectivity index (χ0v) is 22.2. The van der Waals surface area contributed by atoms with E-state index < -0.39 is 17.7 Å². The lowest BCUT2D eigenvalue weighted by molar-refractivity contribution is -0.136. The molecule has 0 spiro atoms. The Morgan fingerprint density at radius 1 is 1.30 bits per heavy atom. The fourth-order valence-electron chi connectivity index (χ4n) is 3.16. The number of nitrogens with one attached hydrogen (secondary N) is 2. The number of benzene rings is 2. The maximum Gasteiger partial charge on any atom is 0.304 e. The topological polar surface area (TPSA) is 131 Å². The fourth-order valence-corrected chi connectivity index (χ4v) is 5.67. The number of rotatable bonds is 10. The first kappa shape index (κ1) is 26.7. The summed E-state index contributed by atoms with van der Waals surface area (Å²) in [4.78, 5) is 32.1. The number of hydrogen-bond acceptors (Lipinski definition) is 10. The molecular formula is C22H18ClFN6O4S3. The summed E-state index contributed by atoms with van der Waals surface area (Å²) < 4.78 is 21.3. The van der Waals surface area contributed by atoms with Gasteiger partial charge >= 0.3 is 5.97 Å². The summed E-state index contributed by atoms with van der Waals surface area (Å²) in [7, 11) is 1.47. The quantitative estimate of drug-likeness (QED) is 0.166. The van der Waals surface area contributed by atoms with Crippen LogP contribution in [0.5, 0.6) is 5.75 Å². The van der Waals surface area contributed by atoms with Gasteiger partial charge in [-0.3, -0.25) is 9.59 Å². The Hall–Kier alpha value is -3.33. The number of amides is 1. The normalized spacial score (nSPS) is 10.9. The summed E-state index contributed by atoms with van der Waals surface area (Å²) in [5, 5.41) is 19.5. The molecule has 0 bridgehead atoms. The highest BCUT2D eigenvalue weighted by Crippen LogP contribution is 2.33. The number of aliphatic carboxylic acids is 1. The zero-order valence-electron chi connectivity index (χ0n) is 19.0. The molecule has 2 aromatic heterocycles. The van der Waals surface area contributed by atoms with Crippen LogP contribution in [0.4, 0.5) is 21.6 Å². The van der Waals surface area contributed by atoms with Crippen molar-refractivity contribution in [3.63, 3.8) is 0 Å². The minimum absolute atomic E-state index is 0.00594. The first-order valence-corrected chi connectivity index (χ1v) is 13.1. The number of carboxylic acid groups (broad SMARTS) is 1. The van der Waals surface area contributed by atoms with E-state index in [-0.39, 0.29) is 18.0 Å². The number of carbonyl (C=O) groups excluding carboxylic acids is 1. The van der Waals surface area contributed by atoms with Crippen molar-refractivity contribution >= 4 is 86.9 Å². The number of carbonyl (C=O) groups is 2. The van der Waals surface area contributed by atoms with E-state index in [0.29, 0.717) is 47.9 Å². The molecule has 192 valence electrons. The van der Waals surface area contributed by atoms with E-state index in [2.05, 4.69) is 25.7 Å². The maximum atomic E-state index is 13.5. The lowest BCUT2D eigenvalue weighted by Crippen LogP contribution is -2.20. The summed E-state index contributed by atoms with van der Waals surface area (Å²) in [6.07, 6.45) is 1.36. The highest BCUT2D eigenvalue weighted by molar-refractivity contribution is 8.01. The Bertz CT molecular complexity index is 1550. The number of nitrogens with zero attached hydrogens (tertiary/aromatic N) is 4. The largest absolute Gasteiger partial charge is 0.494 e. The van der Waals surface area contributed by atoms with Crippen LogP contribution in [0.2, 0.25) is 5.02 Å². The lowest BCUT2D eigenvalue weighted by Gasteiger charge is -2.14. The summed E-state index contributed by atoms with van der Waals surface area (Å²) in [5.74, 6) is -0.707. The van der Waals surface area contributed by atoms with Gasteiger partial charge in [0.1, 0.15) is 30.3 Å². The van der Waals surface area contributed by atoms with Crippen molar-refractivity contribution < 1.29 is 23.8 Å². The van der Waals surface area contributed by atoms with E-state index in [0.717, 1.165) is 0 Å². The molecule has 0 aliphatic rings. The van der Waals surface area contributed by atoms with E-state index in [4.69, 9.17) is 33.7 Å². The lowest BCUT2D eigenvalue weighted by atomic mass is 10.2. The van der Waals surface area contributed by atoms with Gasteiger partial charge < -0.3 is 20.5 Å². The third-order valence-electron chi connectivity index (χ3n) is 4.84. The Kier molecular flexibility index (Phi) is 8.53. The molecule has 37 heavy (non-hydrogen) atoms. The Balaban J connectivity index is 1.55. The molecular weight excluding hydrogens is 563 g/mol. The minimum atomic E-state index is -0.899. The standard InChI is InChI=1S/C22H18ClFN6O4S3/c1-34-17-8-15-12(20(26-10-25-15)27-11-2-3-14(24)13(23)6-11)7-16(17)28-18(31)9-30-22(35)37-21(29-30)36-5-4-19(32)33/h2-3,6-8,10H,4-5,9H2,1H3,(H,28,31)(H,32,33)(H,25,26,27). The second-order valence-corrected chi connectivity index (χ2v) is 10.7. The molecule has 0 aliphatic carbocycles. The molecule has 0 radical (unpaired) electrons. The van der Waals surface area contributed by atoms with Crippen LogP contribution in [0.25, 0.3) is 10.9 Å². The monoisotopic (exact) mass is 580 g/mol. The van der Waals surface area contributed by atoms with E-state index in [9.17, 15) is 14.0 Å². The average Bonchev–Trinajstić information content (AvgIpc) is 3.19. The van der Waals surface area contributed by atoms with Gasteiger partial charge in [-0.25, -0.2) is 19.0 Å². The number of ether oxygens (including phenoxy) is 1. The van der Waals surface area contributed by atoms with Gasteiger partial charge in [0, 0.05) is 22.9 Å². The van der Waals surface area contributed by atoms with Gasteiger partial charge in [0.15, 0.2) is 8.29 Å². The Labute approximate surface area is 227 Å². The van der Waals surface area contributed by atoms with Crippen molar-refractivity contribution in [1.82, 2.24) is 19.7 Å². The van der Waals surface area contributed by atoms with Crippen molar-refractivity contribution in [1.29, 1.82) is 0 Å². The molecule has 0 atom stereocenters. The first-order chi connectivity index (χ1) is 17.7. The van der Waals surface area contributed by atoms with E-state index in [1.165, 1.54) is 59.4 Å². The molecule has 0 unspecified atom stereocenters. The van der Waals surface area contributed by atoms with Crippen LogP contribution < -0.4 is 15.4 Å². The molecule has 2 heterocycles. The number of thioether (sulfide) groups is 1. The van der Waals surface area contributed by atoms with Gasteiger partial charge in [-0.15, -0.1) is 0 Å². The van der Waals surface area contributed by atoms with Gasteiger partial charge in [0.25, 0.3) is 0 Å². The van der Waals surface area contributed by atoms with Crippen LogP contribution in [0.1, 0.15) is 6.42 Å². The number of anilines is 3.